The van der Waals surface area contributed by atoms with Crippen molar-refractivity contribution in [3.05, 3.63) is 30.2 Å². The van der Waals surface area contributed by atoms with Crippen molar-refractivity contribution in [2.45, 2.75) is 19.9 Å². The van der Waals surface area contributed by atoms with E-state index in [4.69, 9.17) is 4.74 Å². The molecule has 92 valence electrons. The Morgan fingerprint density at radius 3 is 3.00 bits per heavy atom. The number of ether oxygens (including phenoxy) is 1. The fraction of sp³-hybridized carbons (Fsp3) is 0.308. The summed E-state index contributed by atoms with van der Waals surface area (Å²) in [5.41, 5.74) is 1.66. The Kier molecular flexibility index (Phi) is 2.40. The van der Waals surface area contributed by atoms with Gasteiger partial charge in [0.1, 0.15) is 12.4 Å². The van der Waals surface area contributed by atoms with Crippen LogP contribution in [0, 0.1) is 6.92 Å². The van der Waals surface area contributed by atoms with E-state index < -0.39 is 0 Å². The van der Waals surface area contributed by atoms with Crippen LogP contribution in [0.1, 0.15) is 12.7 Å². The number of anilines is 1. The van der Waals surface area contributed by atoms with Crippen molar-refractivity contribution in [3.63, 3.8) is 0 Å². The van der Waals surface area contributed by atoms with Crippen LogP contribution in [0.3, 0.4) is 0 Å². The van der Waals surface area contributed by atoms with E-state index in [9.17, 15) is 4.79 Å². The number of aromatic nitrogens is 2. The van der Waals surface area contributed by atoms with Gasteiger partial charge in [-0.25, -0.2) is 14.8 Å². The highest BCUT2D eigenvalue weighted by atomic mass is 16.6. The minimum Gasteiger partial charge on any atom is -0.447 e. The smallest absolute Gasteiger partial charge is 0.414 e. The van der Waals surface area contributed by atoms with Gasteiger partial charge in [0.25, 0.3) is 0 Å². The van der Waals surface area contributed by atoms with Gasteiger partial charge < -0.3 is 4.74 Å². The Bertz CT molecular complexity index is 627. The van der Waals surface area contributed by atoms with E-state index >= 15 is 0 Å². The van der Waals surface area contributed by atoms with E-state index in [1.54, 1.807) is 11.1 Å². The molecule has 1 saturated heterocycles. The van der Waals surface area contributed by atoms with Crippen LogP contribution < -0.4 is 4.90 Å². The van der Waals surface area contributed by atoms with Crippen LogP contribution in [0.5, 0.6) is 0 Å². The number of nitrogens with zero attached hydrogens (tertiary/aromatic N) is 3. The van der Waals surface area contributed by atoms with Crippen molar-refractivity contribution in [2.75, 3.05) is 11.5 Å². The lowest BCUT2D eigenvalue weighted by atomic mass is 10.2. The maximum absolute atomic E-state index is 11.7. The number of aryl methyl sites for hydroxylation is 1. The molecule has 3 rings (SSSR count). The molecule has 1 fully saturated rings. The molecule has 0 aliphatic carbocycles. The SMILES string of the molecule is Cc1ncc2ccc(N3C(=O)OCC3C)cc2n1. The molecule has 1 atom stereocenters. The average molecular weight is 243 g/mol. The summed E-state index contributed by atoms with van der Waals surface area (Å²) in [6.45, 7) is 4.23. The van der Waals surface area contributed by atoms with Gasteiger partial charge in [0, 0.05) is 17.3 Å². The predicted octanol–water partition coefficient (Wildman–Crippen LogP) is 2.28. The topological polar surface area (TPSA) is 55.3 Å². The molecule has 1 aromatic heterocycles. The van der Waals surface area contributed by atoms with E-state index in [2.05, 4.69) is 9.97 Å². The molecule has 2 aromatic rings. The zero-order chi connectivity index (χ0) is 12.7. The second-order valence-corrected chi connectivity index (χ2v) is 4.46. The van der Waals surface area contributed by atoms with E-state index in [1.807, 2.05) is 32.0 Å². The lowest BCUT2D eigenvalue weighted by molar-refractivity contribution is 0.179. The summed E-state index contributed by atoms with van der Waals surface area (Å²) in [5.74, 6) is 0.719. The number of fused-ring (bicyclic) bond motifs is 1. The first kappa shape index (κ1) is 11.0. The van der Waals surface area contributed by atoms with Crippen molar-refractivity contribution < 1.29 is 9.53 Å². The van der Waals surface area contributed by atoms with Gasteiger partial charge in [-0.15, -0.1) is 0 Å². The number of benzene rings is 1. The van der Waals surface area contributed by atoms with Crippen LogP contribution in [0.2, 0.25) is 0 Å². The molecule has 0 N–H and O–H groups in total. The zero-order valence-corrected chi connectivity index (χ0v) is 10.3. The average Bonchev–Trinajstić information content (AvgIpc) is 2.68. The fourth-order valence-corrected chi connectivity index (χ4v) is 2.13. The van der Waals surface area contributed by atoms with E-state index in [-0.39, 0.29) is 12.1 Å². The van der Waals surface area contributed by atoms with Gasteiger partial charge >= 0.3 is 6.09 Å². The highest BCUT2D eigenvalue weighted by molar-refractivity contribution is 5.93. The van der Waals surface area contributed by atoms with Gasteiger partial charge in [-0.05, 0) is 32.0 Å². The lowest BCUT2D eigenvalue weighted by Crippen LogP contribution is -2.30. The Morgan fingerprint density at radius 2 is 2.28 bits per heavy atom. The Morgan fingerprint density at radius 1 is 1.44 bits per heavy atom. The first-order chi connectivity index (χ1) is 8.65. The van der Waals surface area contributed by atoms with Crippen LogP contribution in [0.25, 0.3) is 10.9 Å². The Hall–Kier alpha value is -2.17. The molecule has 0 saturated carbocycles. The molecule has 1 aliphatic heterocycles. The van der Waals surface area contributed by atoms with Gasteiger partial charge in [-0.3, -0.25) is 4.90 Å². The van der Waals surface area contributed by atoms with Gasteiger partial charge in [-0.2, -0.15) is 0 Å². The maximum atomic E-state index is 11.7. The van der Waals surface area contributed by atoms with Crippen molar-refractivity contribution in [3.8, 4) is 0 Å². The zero-order valence-electron chi connectivity index (χ0n) is 10.3. The van der Waals surface area contributed by atoms with Crippen LogP contribution in [-0.4, -0.2) is 28.7 Å². The number of carbonyl (C=O) groups excluding carboxylic acids is 1. The highest BCUT2D eigenvalue weighted by Gasteiger charge is 2.30. The summed E-state index contributed by atoms with van der Waals surface area (Å²) in [6, 6.07) is 5.76. The third kappa shape index (κ3) is 1.68. The molecule has 1 unspecified atom stereocenters. The van der Waals surface area contributed by atoms with Crippen molar-refractivity contribution in [2.24, 2.45) is 0 Å². The summed E-state index contributed by atoms with van der Waals surface area (Å²) < 4.78 is 5.02. The van der Waals surface area contributed by atoms with Crippen LogP contribution >= 0.6 is 0 Å². The predicted molar refractivity (Wildman–Crippen MR) is 67.6 cm³/mol. The first-order valence-corrected chi connectivity index (χ1v) is 5.84. The van der Waals surface area contributed by atoms with E-state index in [1.165, 1.54) is 0 Å². The van der Waals surface area contributed by atoms with Gasteiger partial charge in [0.2, 0.25) is 0 Å². The highest BCUT2D eigenvalue weighted by Crippen LogP contribution is 2.25. The molecular formula is C13H13N3O2. The summed E-state index contributed by atoms with van der Waals surface area (Å²) >= 11 is 0. The minimum atomic E-state index is -0.298. The quantitative estimate of drug-likeness (QED) is 0.771. The third-order valence-electron chi connectivity index (χ3n) is 3.05. The van der Waals surface area contributed by atoms with Gasteiger partial charge in [-0.1, -0.05) is 0 Å². The molecule has 1 aliphatic rings. The largest absolute Gasteiger partial charge is 0.447 e. The van der Waals surface area contributed by atoms with Crippen LogP contribution in [-0.2, 0) is 4.74 Å². The summed E-state index contributed by atoms with van der Waals surface area (Å²) in [4.78, 5) is 21.8. The van der Waals surface area contributed by atoms with E-state index in [0.29, 0.717) is 6.61 Å². The monoisotopic (exact) mass is 243 g/mol. The van der Waals surface area contributed by atoms with Crippen LogP contribution in [0.15, 0.2) is 24.4 Å². The summed E-state index contributed by atoms with van der Waals surface area (Å²) in [7, 11) is 0. The Labute approximate surface area is 104 Å². The van der Waals surface area contributed by atoms with Gasteiger partial charge in [0.15, 0.2) is 0 Å². The maximum Gasteiger partial charge on any atom is 0.414 e. The van der Waals surface area contributed by atoms with Crippen molar-refractivity contribution >= 4 is 22.7 Å². The number of carbonyl (C=O) groups is 1. The minimum absolute atomic E-state index is 0.0536. The molecule has 0 bridgehead atoms. The number of hydrogen-bond donors (Lipinski definition) is 0. The third-order valence-corrected chi connectivity index (χ3v) is 3.05. The van der Waals surface area contributed by atoms with E-state index in [0.717, 1.165) is 22.4 Å². The normalized spacial score (nSPS) is 19.3. The standard InChI is InChI=1S/C13H13N3O2/c1-8-7-18-13(17)16(8)11-4-3-10-6-14-9(2)15-12(10)5-11/h3-6,8H,7H2,1-2H3. The Balaban J connectivity index is 2.10. The second kappa shape index (κ2) is 3.94. The molecule has 1 aromatic carbocycles. The molecule has 5 nitrogen and oxygen atoms in total. The lowest BCUT2D eigenvalue weighted by Gasteiger charge is -2.18. The summed E-state index contributed by atoms with van der Waals surface area (Å²) in [6.07, 6.45) is 1.49. The molecule has 18 heavy (non-hydrogen) atoms. The molecule has 0 radical (unpaired) electrons. The van der Waals surface area contributed by atoms with Crippen molar-refractivity contribution in [1.82, 2.24) is 9.97 Å². The van der Waals surface area contributed by atoms with Crippen molar-refractivity contribution in [1.29, 1.82) is 0 Å². The molecule has 5 heteroatoms. The van der Waals surface area contributed by atoms with Gasteiger partial charge in [0.05, 0.1) is 11.6 Å². The number of rotatable bonds is 1. The number of cyclic esters (lactones) is 1. The second-order valence-electron chi connectivity index (χ2n) is 4.46. The molecule has 1 amide bonds. The number of amides is 1. The van der Waals surface area contributed by atoms with Crippen LogP contribution in [0.4, 0.5) is 10.5 Å². The molecular weight excluding hydrogens is 230 g/mol. The molecule has 0 spiro atoms. The fourth-order valence-electron chi connectivity index (χ4n) is 2.13. The summed E-state index contributed by atoms with van der Waals surface area (Å²) in [5, 5.41) is 0.963. The number of hydrogen-bond acceptors (Lipinski definition) is 4. The first-order valence-electron chi connectivity index (χ1n) is 5.84. The molecule has 2 heterocycles.